The van der Waals surface area contributed by atoms with Crippen molar-refractivity contribution in [3.05, 3.63) is 23.8 Å². The van der Waals surface area contributed by atoms with Crippen LogP contribution < -0.4 is 15.4 Å². The van der Waals surface area contributed by atoms with Crippen molar-refractivity contribution in [3.8, 4) is 5.75 Å². The van der Waals surface area contributed by atoms with Gasteiger partial charge in [0.15, 0.2) is 0 Å². The molecule has 4 nitrogen and oxygen atoms in total. The number of anilines is 1. The summed E-state index contributed by atoms with van der Waals surface area (Å²) in [5.74, 6) is 0.809. The van der Waals surface area contributed by atoms with Gasteiger partial charge in [-0.2, -0.15) is 0 Å². The highest BCUT2D eigenvalue weighted by molar-refractivity contribution is 5.93. The molecule has 2 aliphatic heterocycles. The Morgan fingerprint density at radius 1 is 1.42 bits per heavy atom. The molecule has 4 heteroatoms. The van der Waals surface area contributed by atoms with Crippen LogP contribution in [0.2, 0.25) is 0 Å². The van der Waals surface area contributed by atoms with Crippen molar-refractivity contribution in [3.63, 3.8) is 0 Å². The van der Waals surface area contributed by atoms with Crippen molar-refractivity contribution in [2.75, 3.05) is 11.9 Å². The zero-order valence-electron chi connectivity index (χ0n) is 11.2. The van der Waals surface area contributed by atoms with E-state index in [1.807, 2.05) is 19.1 Å². The van der Waals surface area contributed by atoms with Crippen LogP contribution in [0.25, 0.3) is 0 Å². The highest BCUT2D eigenvalue weighted by Gasteiger charge is 2.20. The van der Waals surface area contributed by atoms with Crippen LogP contribution in [0.3, 0.4) is 0 Å². The lowest BCUT2D eigenvalue weighted by Gasteiger charge is -2.14. The van der Waals surface area contributed by atoms with Crippen molar-refractivity contribution >= 4 is 11.6 Å². The topological polar surface area (TPSA) is 50.4 Å². The van der Waals surface area contributed by atoms with Gasteiger partial charge in [-0.15, -0.1) is 0 Å². The first-order valence-electron chi connectivity index (χ1n) is 7.03. The largest absolute Gasteiger partial charge is 0.488 e. The number of rotatable bonds is 2. The van der Waals surface area contributed by atoms with Gasteiger partial charge in [-0.05, 0) is 50.4 Å². The van der Waals surface area contributed by atoms with Crippen LogP contribution in [0, 0.1) is 0 Å². The first-order valence-corrected chi connectivity index (χ1v) is 7.03. The van der Waals surface area contributed by atoms with Gasteiger partial charge in [0.05, 0.1) is 12.1 Å². The Morgan fingerprint density at radius 3 is 3.11 bits per heavy atom. The molecule has 0 bridgehead atoms. The number of carbonyl (C=O) groups excluding carboxylic acids is 1. The van der Waals surface area contributed by atoms with Crippen LogP contribution in [0.15, 0.2) is 18.2 Å². The molecule has 2 heterocycles. The lowest BCUT2D eigenvalue weighted by atomic mass is 10.0. The van der Waals surface area contributed by atoms with Gasteiger partial charge in [-0.1, -0.05) is 6.07 Å². The highest BCUT2D eigenvalue weighted by Crippen LogP contribution is 2.30. The van der Waals surface area contributed by atoms with Gasteiger partial charge in [-0.25, -0.2) is 0 Å². The van der Waals surface area contributed by atoms with Gasteiger partial charge < -0.3 is 15.4 Å². The number of amides is 1. The average molecular weight is 260 g/mol. The van der Waals surface area contributed by atoms with Gasteiger partial charge in [-0.3, -0.25) is 4.79 Å². The minimum Gasteiger partial charge on any atom is -0.488 e. The summed E-state index contributed by atoms with van der Waals surface area (Å²) in [5, 5.41) is 6.43. The molecule has 1 fully saturated rings. The van der Waals surface area contributed by atoms with Gasteiger partial charge in [0.25, 0.3) is 0 Å². The first kappa shape index (κ1) is 12.5. The molecule has 2 aliphatic rings. The van der Waals surface area contributed by atoms with Crippen LogP contribution in [0.5, 0.6) is 5.75 Å². The second-order valence-electron chi connectivity index (χ2n) is 5.51. The highest BCUT2D eigenvalue weighted by atomic mass is 16.5. The van der Waals surface area contributed by atoms with E-state index >= 15 is 0 Å². The fourth-order valence-electron chi connectivity index (χ4n) is 2.84. The van der Waals surface area contributed by atoms with Crippen LogP contribution in [0.1, 0.15) is 31.7 Å². The molecule has 2 atom stereocenters. The fourth-order valence-corrected chi connectivity index (χ4v) is 2.84. The Kier molecular flexibility index (Phi) is 3.42. The quantitative estimate of drug-likeness (QED) is 0.856. The summed E-state index contributed by atoms with van der Waals surface area (Å²) in [6.07, 6.45) is 3.85. The van der Waals surface area contributed by atoms with E-state index in [0.717, 1.165) is 24.4 Å². The van der Waals surface area contributed by atoms with Crippen molar-refractivity contribution < 1.29 is 9.53 Å². The first-order chi connectivity index (χ1) is 9.20. The molecular weight excluding hydrogens is 240 g/mol. The van der Waals surface area contributed by atoms with Crippen molar-refractivity contribution in [1.82, 2.24) is 5.32 Å². The summed E-state index contributed by atoms with van der Waals surface area (Å²) in [7, 11) is 0. The summed E-state index contributed by atoms with van der Waals surface area (Å²) in [6.45, 7) is 3.04. The van der Waals surface area contributed by atoms with E-state index in [0.29, 0.717) is 12.5 Å². The summed E-state index contributed by atoms with van der Waals surface area (Å²) in [6, 6.07) is 6.69. The maximum Gasteiger partial charge on any atom is 0.228 e. The second-order valence-corrected chi connectivity index (χ2v) is 5.51. The summed E-state index contributed by atoms with van der Waals surface area (Å²) in [5.41, 5.74) is 2.06. The van der Waals surface area contributed by atoms with Crippen LogP contribution >= 0.6 is 0 Å². The van der Waals surface area contributed by atoms with E-state index in [1.165, 1.54) is 18.4 Å². The third-order valence-corrected chi connectivity index (χ3v) is 3.76. The Bertz CT molecular complexity index is 481. The maximum absolute atomic E-state index is 11.7. The number of hydrogen-bond acceptors (Lipinski definition) is 3. The predicted octanol–water partition coefficient (Wildman–Crippen LogP) is 2.09. The molecule has 0 saturated carbocycles. The molecule has 2 unspecified atom stereocenters. The predicted molar refractivity (Wildman–Crippen MR) is 74.5 cm³/mol. The van der Waals surface area contributed by atoms with Crippen LogP contribution in [-0.4, -0.2) is 24.6 Å². The van der Waals surface area contributed by atoms with E-state index in [2.05, 4.69) is 16.7 Å². The smallest absolute Gasteiger partial charge is 0.228 e. The fraction of sp³-hybridized carbons (Fsp3) is 0.533. The van der Waals surface area contributed by atoms with E-state index < -0.39 is 0 Å². The van der Waals surface area contributed by atoms with E-state index in [4.69, 9.17) is 4.74 Å². The molecular formula is C15H20N2O2. The Morgan fingerprint density at radius 2 is 2.32 bits per heavy atom. The Balaban J connectivity index is 1.79. The average Bonchev–Trinajstić information content (AvgIpc) is 2.79. The van der Waals surface area contributed by atoms with Crippen molar-refractivity contribution in [2.24, 2.45) is 0 Å². The Labute approximate surface area is 113 Å². The standard InChI is InChI=1S/C15H20N2O2/c1-10-7-15(18)17-13-9-11(4-5-14(13)19-10)8-12-3-2-6-16-12/h4-5,9-10,12,16H,2-3,6-8H2,1H3,(H,17,18). The Hall–Kier alpha value is -1.55. The molecule has 1 aromatic rings. The molecule has 1 saturated heterocycles. The number of ether oxygens (including phenoxy) is 1. The lowest BCUT2D eigenvalue weighted by molar-refractivity contribution is -0.117. The third-order valence-electron chi connectivity index (χ3n) is 3.76. The SMILES string of the molecule is CC1CC(=O)Nc2cc(CC3CCCN3)ccc2O1. The molecule has 0 radical (unpaired) electrons. The van der Waals surface area contributed by atoms with Crippen LogP contribution in [0.4, 0.5) is 5.69 Å². The van der Waals surface area contributed by atoms with Gasteiger partial charge in [0.1, 0.15) is 11.9 Å². The molecule has 1 amide bonds. The molecule has 2 N–H and O–H groups in total. The van der Waals surface area contributed by atoms with E-state index in [1.54, 1.807) is 0 Å². The summed E-state index contributed by atoms with van der Waals surface area (Å²) >= 11 is 0. The van der Waals surface area contributed by atoms with E-state index in [9.17, 15) is 4.79 Å². The lowest BCUT2D eigenvalue weighted by Crippen LogP contribution is -2.23. The summed E-state index contributed by atoms with van der Waals surface area (Å²) in [4.78, 5) is 11.7. The molecule has 102 valence electrons. The molecule has 0 aromatic heterocycles. The number of fused-ring (bicyclic) bond motifs is 1. The zero-order valence-corrected chi connectivity index (χ0v) is 11.2. The van der Waals surface area contributed by atoms with Crippen molar-refractivity contribution in [1.29, 1.82) is 0 Å². The molecule has 0 spiro atoms. The zero-order chi connectivity index (χ0) is 13.2. The van der Waals surface area contributed by atoms with E-state index in [-0.39, 0.29) is 12.0 Å². The molecule has 0 aliphatic carbocycles. The maximum atomic E-state index is 11.7. The van der Waals surface area contributed by atoms with Crippen LogP contribution in [-0.2, 0) is 11.2 Å². The monoisotopic (exact) mass is 260 g/mol. The number of carbonyl (C=O) groups is 1. The molecule has 3 rings (SSSR count). The number of hydrogen-bond donors (Lipinski definition) is 2. The number of nitrogens with one attached hydrogen (secondary N) is 2. The second kappa shape index (κ2) is 5.21. The summed E-state index contributed by atoms with van der Waals surface area (Å²) < 4.78 is 5.75. The molecule has 19 heavy (non-hydrogen) atoms. The minimum absolute atomic E-state index is 0.0300. The van der Waals surface area contributed by atoms with Gasteiger partial charge >= 0.3 is 0 Å². The number of benzene rings is 1. The van der Waals surface area contributed by atoms with Gasteiger partial charge in [0.2, 0.25) is 5.91 Å². The normalized spacial score (nSPS) is 26.3. The third kappa shape index (κ3) is 2.89. The molecule has 1 aromatic carbocycles. The van der Waals surface area contributed by atoms with Gasteiger partial charge in [0, 0.05) is 6.04 Å². The van der Waals surface area contributed by atoms with Crippen molar-refractivity contribution in [2.45, 2.75) is 44.8 Å². The minimum atomic E-state index is -0.0661.